The highest BCUT2D eigenvalue weighted by molar-refractivity contribution is 7.10. The van der Waals surface area contributed by atoms with E-state index in [4.69, 9.17) is 4.98 Å². The van der Waals surface area contributed by atoms with Crippen molar-refractivity contribution in [2.45, 2.75) is 52.6 Å². The lowest BCUT2D eigenvalue weighted by atomic mass is 10.0. The van der Waals surface area contributed by atoms with E-state index < -0.39 is 0 Å². The van der Waals surface area contributed by atoms with E-state index >= 15 is 0 Å². The zero-order valence-electron chi connectivity index (χ0n) is 15.8. The monoisotopic (exact) mass is 370 g/mol. The van der Waals surface area contributed by atoms with Crippen molar-refractivity contribution in [1.29, 1.82) is 0 Å². The number of fused-ring (bicyclic) bond motifs is 1. The van der Waals surface area contributed by atoms with E-state index in [1.807, 2.05) is 29.6 Å². The summed E-state index contributed by atoms with van der Waals surface area (Å²) in [6, 6.07) is 7.94. The van der Waals surface area contributed by atoms with Gasteiger partial charge in [-0.15, -0.1) is 11.3 Å². The third-order valence-electron chi connectivity index (χ3n) is 4.26. The summed E-state index contributed by atoms with van der Waals surface area (Å²) in [7, 11) is 0. The number of hydrogen-bond donors (Lipinski definition) is 1. The average Bonchev–Trinajstić information content (AvgIpc) is 3.20. The Balaban J connectivity index is 1.93. The Morgan fingerprint density at radius 2 is 2.04 bits per heavy atom. The highest BCUT2D eigenvalue weighted by Crippen LogP contribution is 2.27. The Morgan fingerprint density at radius 1 is 1.23 bits per heavy atom. The molecule has 26 heavy (non-hydrogen) atoms. The van der Waals surface area contributed by atoms with E-state index in [9.17, 15) is 4.79 Å². The molecule has 3 heterocycles. The summed E-state index contributed by atoms with van der Waals surface area (Å²) in [4.78, 5) is 23.0. The van der Waals surface area contributed by atoms with Crippen molar-refractivity contribution in [2.75, 3.05) is 0 Å². The first kappa shape index (κ1) is 18.6. The van der Waals surface area contributed by atoms with Crippen LogP contribution in [0.5, 0.6) is 0 Å². The average molecular weight is 371 g/mol. The Labute approximate surface area is 158 Å². The van der Waals surface area contributed by atoms with Crippen LogP contribution in [-0.4, -0.2) is 20.4 Å². The normalized spacial score (nSPS) is 12.8. The number of imidazole rings is 1. The molecular weight excluding hydrogens is 344 g/mol. The highest BCUT2D eigenvalue weighted by atomic mass is 32.1. The number of aromatic nitrogens is 3. The number of nitrogens with zero attached hydrogens (tertiary/aromatic N) is 3. The fourth-order valence-corrected chi connectivity index (χ4v) is 3.92. The van der Waals surface area contributed by atoms with Crippen LogP contribution < -0.4 is 5.32 Å². The number of nitrogens with one attached hydrogen (secondary N) is 1. The summed E-state index contributed by atoms with van der Waals surface area (Å²) in [6.45, 7) is 8.58. The number of carbonyl (C=O) groups is 1. The Bertz CT molecular complexity index is 867. The van der Waals surface area contributed by atoms with E-state index in [2.05, 4.69) is 42.6 Å². The van der Waals surface area contributed by atoms with Crippen LogP contribution in [0.15, 0.2) is 35.8 Å². The van der Waals surface area contributed by atoms with Crippen LogP contribution in [0.3, 0.4) is 0 Å². The second kappa shape index (κ2) is 7.99. The minimum atomic E-state index is -0.126. The third-order valence-corrected chi connectivity index (χ3v) is 5.14. The van der Waals surface area contributed by atoms with Crippen molar-refractivity contribution < 1.29 is 4.79 Å². The molecule has 0 aliphatic carbocycles. The van der Waals surface area contributed by atoms with Crippen molar-refractivity contribution in [3.8, 4) is 0 Å². The van der Waals surface area contributed by atoms with Gasteiger partial charge in [0.15, 0.2) is 5.65 Å². The van der Waals surface area contributed by atoms with Crippen LogP contribution in [0.1, 0.15) is 56.9 Å². The van der Waals surface area contributed by atoms with Gasteiger partial charge in [0.1, 0.15) is 11.3 Å². The van der Waals surface area contributed by atoms with Crippen molar-refractivity contribution >= 4 is 28.4 Å². The lowest BCUT2D eigenvalue weighted by molar-refractivity contribution is -0.121. The number of pyridine rings is 1. The number of carbonyl (C=O) groups excluding carboxylic acids is 1. The van der Waals surface area contributed by atoms with Gasteiger partial charge in [0.2, 0.25) is 5.91 Å². The Hall–Kier alpha value is -2.21. The summed E-state index contributed by atoms with van der Waals surface area (Å²) in [6.07, 6.45) is 3.04. The van der Waals surface area contributed by atoms with Gasteiger partial charge < -0.3 is 9.88 Å². The van der Waals surface area contributed by atoms with Crippen LogP contribution in [0.25, 0.3) is 11.2 Å². The lowest BCUT2D eigenvalue weighted by Gasteiger charge is -2.23. The minimum absolute atomic E-state index is 0.0356. The van der Waals surface area contributed by atoms with E-state index in [0.29, 0.717) is 12.3 Å². The van der Waals surface area contributed by atoms with Gasteiger partial charge >= 0.3 is 0 Å². The van der Waals surface area contributed by atoms with Crippen LogP contribution >= 0.6 is 11.3 Å². The molecule has 0 aromatic carbocycles. The number of amides is 1. The number of thiophene rings is 1. The molecule has 6 heteroatoms. The molecule has 0 saturated carbocycles. The molecule has 0 spiro atoms. The first-order chi connectivity index (χ1) is 12.5. The van der Waals surface area contributed by atoms with E-state index in [1.165, 1.54) is 0 Å². The van der Waals surface area contributed by atoms with Gasteiger partial charge in [-0.25, -0.2) is 9.97 Å². The second-order valence-corrected chi connectivity index (χ2v) is 8.32. The SMILES string of the molecule is CC(C)C[C@H](NC(=O)Cc1cccs1)c1nc2cccnc2n1C(C)C. The van der Waals surface area contributed by atoms with Gasteiger partial charge in [-0.2, -0.15) is 0 Å². The molecule has 0 aliphatic rings. The number of hydrogen-bond acceptors (Lipinski definition) is 4. The summed E-state index contributed by atoms with van der Waals surface area (Å²) in [5, 5.41) is 5.21. The maximum Gasteiger partial charge on any atom is 0.225 e. The van der Waals surface area contributed by atoms with E-state index in [1.54, 1.807) is 17.5 Å². The fraction of sp³-hybridized carbons (Fsp3) is 0.450. The van der Waals surface area contributed by atoms with Crippen molar-refractivity contribution in [2.24, 2.45) is 5.92 Å². The first-order valence-electron chi connectivity index (χ1n) is 9.10. The van der Waals surface area contributed by atoms with E-state index in [0.717, 1.165) is 28.3 Å². The van der Waals surface area contributed by atoms with Crippen molar-refractivity contribution in [3.05, 3.63) is 46.5 Å². The molecule has 1 N–H and O–H groups in total. The number of rotatable bonds is 7. The van der Waals surface area contributed by atoms with Crippen molar-refractivity contribution in [3.63, 3.8) is 0 Å². The Morgan fingerprint density at radius 3 is 2.69 bits per heavy atom. The summed E-state index contributed by atoms with van der Waals surface area (Å²) >= 11 is 1.61. The molecule has 0 unspecified atom stereocenters. The largest absolute Gasteiger partial charge is 0.346 e. The molecule has 0 saturated heterocycles. The van der Waals surface area contributed by atoms with Crippen LogP contribution in [0, 0.1) is 5.92 Å². The van der Waals surface area contributed by atoms with Crippen molar-refractivity contribution in [1.82, 2.24) is 19.9 Å². The summed E-state index contributed by atoms with van der Waals surface area (Å²) < 4.78 is 2.15. The predicted molar refractivity (Wildman–Crippen MR) is 106 cm³/mol. The highest BCUT2D eigenvalue weighted by Gasteiger charge is 2.25. The predicted octanol–water partition coefficient (Wildman–Crippen LogP) is 4.52. The molecule has 0 fully saturated rings. The molecule has 0 bridgehead atoms. The smallest absolute Gasteiger partial charge is 0.225 e. The molecule has 0 aliphatic heterocycles. The van der Waals surface area contributed by atoms with E-state index in [-0.39, 0.29) is 18.0 Å². The zero-order valence-corrected chi connectivity index (χ0v) is 16.6. The maximum atomic E-state index is 12.6. The van der Waals surface area contributed by atoms with Gasteiger partial charge in [0.05, 0.1) is 12.5 Å². The lowest BCUT2D eigenvalue weighted by Crippen LogP contribution is -2.32. The molecule has 1 atom stereocenters. The molecule has 1 amide bonds. The van der Waals surface area contributed by atoms with Gasteiger partial charge in [0, 0.05) is 17.1 Å². The van der Waals surface area contributed by atoms with Gasteiger partial charge in [0.25, 0.3) is 0 Å². The maximum absolute atomic E-state index is 12.6. The minimum Gasteiger partial charge on any atom is -0.346 e. The molecule has 5 nitrogen and oxygen atoms in total. The Kier molecular flexibility index (Phi) is 5.71. The topological polar surface area (TPSA) is 59.8 Å². The summed E-state index contributed by atoms with van der Waals surface area (Å²) in [5.74, 6) is 1.37. The summed E-state index contributed by atoms with van der Waals surface area (Å²) in [5.41, 5.74) is 1.75. The molecule has 0 radical (unpaired) electrons. The molecular formula is C20H26N4OS. The molecule has 3 aromatic heterocycles. The van der Waals surface area contributed by atoms with Gasteiger partial charge in [-0.3, -0.25) is 4.79 Å². The zero-order chi connectivity index (χ0) is 18.7. The standard InChI is InChI=1S/C20H26N4OS/c1-13(2)11-17(22-18(25)12-15-7-6-10-26-15)20-23-16-8-5-9-21-19(16)24(20)14(3)4/h5-10,13-14,17H,11-12H2,1-4H3,(H,22,25)/t17-/m0/s1. The van der Waals surface area contributed by atoms with Crippen LogP contribution in [0.4, 0.5) is 0 Å². The second-order valence-electron chi connectivity index (χ2n) is 7.29. The quantitative estimate of drug-likeness (QED) is 0.665. The van der Waals surface area contributed by atoms with Gasteiger partial charge in [-0.05, 0) is 49.8 Å². The first-order valence-corrected chi connectivity index (χ1v) is 9.98. The molecule has 138 valence electrons. The van der Waals surface area contributed by atoms with Gasteiger partial charge in [-0.1, -0.05) is 19.9 Å². The molecule has 3 aromatic rings. The van der Waals surface area contributed by atoms with Crippen LogP contribution in [0.2, 0.25) is 0 Å². The third kappa shape index (κ3) is 4.12. The van der Waals surface area contributed by atoms with Crippen LogP contribution in [-0.2, 0) is 11.2 Å². The fourth-order valence-electron chi connectivity index (χ4n) is 3.22. The molecule has 3 rings (SSSR count).